The molecule has 0 bridgehead atoms. The molecule has 0 aliphatic carbocycles. The van der Waals surface area contributed by atoms with Gasteiger partial charge in [0, 0.05) is 18.2 Å². The first kappa shape index (κ1) is 40.9. The minimum absolute atomic E-state index is 0. The Morgan fingerprint density at radius 2 is 0.675 bits per heavy atom. The smallest absolute Gasteiger partial charge is 0.499 e. The van der Waals surface area contributed by atoms with Gasteiger partial charge in [-0.3, -0.25) is 0 Å². The molecule has 40 heavy (non-hydrogen) atoms. The lowest BCUT2D eigenvalue weighted by molar-refractivity contribution is -0.837. The van der Waals surface area contributed by atoms with Crippen LogP contribution >= 0.6 is 12.1 Å². The Labute approximate surface area is 221 Å². The lowest BCUT2D eigenvalue weighted by Crippen LogP contribution is -3.00. The third-order valence-electron chi connectivity index (χ3n) is 4.12. The molecular weight excluding hydrogens is 794 g/mol. The van der Waals surface area contributed by atoms with E-state index in [1.807, 2.05) is 0 Å². The second kappa shape index (κ2) is 10.8. The quantitative estimate of drug-likeness (QED) is 0.0795. The molecule has 0 unspecified atom stereocenters. The molecule has 0 spiro atoms. The molecule has 0 rings (SSSR count). The van der Waals surface area contributed by atoms with Crippen LogP contribution in [0.25, 0.3) is 0 Å². The third kappa shape index (κ3) is 5.14. The van der Waals surface area contributed by atoms with Crippen LogP contribution in [0, 0.1) is 0 Å². The fourth-order valence-electron chi connectivity index (χ4n) is 1.92. The Morgan fingerprint density at radius 3 is 0.875 bits per heavy atom. The number of nitrogens with zero attached hydrogens (tertiary/aromatic N) is 2. The predicted molar refractivity (Wildman–Crippen MR) is 69.7 cm³/mol. The van der Waals surface area contributed by atoms with Crippen molar-refractivity contribution in [2.75, 3.05) is 0 Å². The number of hydrogen-bond donors (Lipinski definition) is 0. The van der Waals surface area contributed by atoms with Crippen LogP contribution in [0.4, 0.5) is 110 Å². The molecule has 0 atom stereocenters. The van der Waals surface area contributed by atoms with Crippen molar-refractivity contribution in [2.45, 2.75) is 59.6 Å². The molecule has 29 heteroatoms. The van der Waals surface area contributed by atoms with Gasteiger partial charge in [0.15, 0.2) is 12.1 Å². The summed E-state index contributed by atoms with van der Waals surface area (Å²) in [5, 5.41) is -7.27. The van der Waals surface area contributed by atoms with E-state index in [-0.39, 0.29) is 24.0 Å². The lowest BCUT2D eigenvalue weighted by Gasteiger charge is -2.43. The molecule has 0 heterocycles. The highest BCUT2D eigenvalue weighted by atomic mass is 127. The summed E-state index contributed by atoms with van der Waals surface area (Å²) < 4.78 is 324. The van der Waals surface area contributed by atoms with E-state index >= 15 is 0 Å². The summed E-state index contributed by atoms with van der Waals surface area (Å²) in [6.07, 6.45) is -8.14. The molecule has 0 radical (unpaired) electrons. The minimum atomic E-state index is -9.49. The maximum Gasteiger partial charge on any atom is 0.499 e. The van der Waals surface area contributed by atoms with Crippen molar-refractivity contribution in [1.29, 1.82) is 0 Å². The first-order valence-corrected chi connectivity index (χ1v) is 8.47. The van der Waals surface area contributed by atoms with E-state index in [1.54, 1.807) is 0 Å². The SMILES string of the molecule is FSC(N(F)F)=[N+](F)C(F)(F)C(F)(F)C(F)(F)C(F)(F)C(F)(F)C(F)(F)C(F)(F)C(F)(F)C(F)(F)C(F)(F)F.[I-]. The van der Waals surface area contributed by atoms with Gasteiger partial charge >= 0.3 is 64.8 Å². The highest BCUT2D eigenvalue weighted by Crippen LogP contribution is 2.66. The lowest BCUT2D eigenvalue weighted by atomic mass is 9.87. The summed E-state index contributed by atoms with van der Waals surface area (Å²) in [4.78, 5) is -3.93. The first-order valence-electron chi connectivity index (χ1n) is 7.75. The van der Waals surface area contributed by atoms with E-state index in [9.17, 15) is 110 Å². The predicted octanol–water partition coefficient (Wildman–Crippen LogP) is 5.17. The Hall–Kier alpha value is -1.20. The fourth-order valence-corrected chi connectivity index (χ4v) is 2.14. The van der Waals surface area contributed by atoms with E-state index < -0.39 is 87.1 Å². The molecule has 0 N–H and O–H groups in total. The molecule has 0 aromatic carbocycles. The molecule has 0 saturated heterocycles. The van der Waals surface area contributed by atoms with Crippen LogP contribution < -0.4 is 24.0 Å². The average Bonchev–Trinajstić information content (AvgIpc) is 2.71. The van der Waals surface area contributed by atoms with Crippen LogP contribution in [-0.4, -0.2) is 74.9 Å². The monoisotopic (exact) mass is 794 g/mol. The molecular formula is C11F25IN2S. The summed E-state index contributed by atoms with van der Waals surface area (Å²) in [6.45, 7) is 0. The Kier molecular flexibility index (Phi) is 11.1. The first-order chi connectivity index (χ1) is 16.6. The van der Waals surface area contributed by atoms with Crippen LogP contribution in [0.1, 0.15) is 0 Å². The number of amidine groups is 1. The summed E-state index contributed by atoms with van der Waals surface area (Å²) in [5.41, 5.74) is 0. The largest absolute Gasteiger partial charge is 1.00 e. The van der Waals surface area contributed by atoms with E-state index in [2.05, 4.69) is 0 Å². The zero-order valence-electron chi connectivity index (χ0n) is 16.6. The topological polar surface area (TPSA) is 6.25 Å². The van der Waals surface area contributed by atoms with Crippen molar-refractivity contribution in [3.8, 4) is 0 Å². The van der Waals surface area contributed by atoms with Gasteiger partial charge < -0.3 is 24.0 Å². The van der Waals surface area contributed by atoms with Crippen LogP contribution in [0.15, 0.2) is 0 Å². The summed E-state index contributed by atoms with van der Waals surface area (Å²) in [5.74, 6) is -73.5. The molecule has 0 fully saturated rings. The van der Waals surface area contributed by atoms with Crippen molar-refractivity contribution >= 4 is 17.3 Å². The standard InChI is InChI=1S/C11F25N2S.HI/c12-2(13,4(16,17)6(20,21)8(24,25)10(28,29)30)3(14,15)5(18,19)7(22,23)9(26,27)11(31,32)37(33)1(39-36)38(34)35;/h;1H/q+1;/p-1. The summed E-state index contributed by atoms with van der Waals surface area (Å²) in [7, 11) is 0. The Morgan fingerprint density at radius 1 is 0.450 bits per heavy atom. The molecule has 0 aliphatic heterocycles. The van der Waals surface area contributed by atoms with Gasteiger partial charge in [0.2, 0.25) is 0 Å². The van der Waals surface area contributed by atoms with E-state index in [1.165, 1.54) is 0 Å². The zero-order valence-corrected chi connectivity index (χ0v) is 19.6. The second-order valence-electron chi connectivity index (χ2n) is 6.51. The van der Waals surface area contributed by atoms with Crippen LogP contribution in [0.3, 0.4) is 0 Å². The van der Waals surface area contributed by atoms with E-state index in [0.29, 0.717) is 0 Å². The molecule has 2 nitrogen and oxygen atoms in total. The van der Waals surface area contributed by atoms with Crippen molar-refractivity contribution in [3.05, 3.63) is 0 Å². The molecule has 242 valence electrons. The van der Waals surface area contributed by atoms with Crippen molar-refractivity contribution in [2.24, 2.45) is 0 Å². The third-order valence-corrected chi connectivity index (χ3v) is 4.56. The number of halogens is 26. The van der Waals surface area contributed by atoms with Crippen LogP contribution in [0.2, 0.25) is 0 Å². The van der Waals surface area contributed by atoms with Gasteiger partial charge in [-0.2, -0.15) is 96.1 Å². The molecule has 0 aromatic rings. The van der Waals surface area contributed by atoms with E-state index in [4.69, 9.17) is 0 Å². The van der Waals surface area contributed by atoms with Gasteiger partial charge in [0.25, 0.3) is 0 Å². The zero-order chi connectivity index (χ0) is 32.4. The number of rotatable bonds is 9. The van der Waals surface area contributed by atoms with Crippen molar-refractivity contribution in [1.82, 2.24) is 5.34 Å². The average molecular weight is 794 g/mol. The highest BCUT2D eigenvalue weighted by molar-refractivity contribution is 8.09. The van der Waals surface area contributed by atoms with Gasteiger partial charge in [-0.15, -0.1) is 0 Å². The minimum Gasteiger partial charge on any atom is -1.00 e. The highest BCUT2D eigenvalue weighted by Gasteiger charge is 2.98. The van der Waals surface area contributed by atoms with Crippen LogP contribution in [0.5, 0.6) is 0 Å². The number of hydrogen-bond acceptors (Lipinski definition) is 1. The van der Waals surface area contributed by atoms with E-state index in [0.717, 1.165) is 0 Å². The maximum absolute atomic E-state index is 13.5. The van der Waals surface area contributed by atoms with Gasteiger partial charge in [0.05, 0.1) is 0 Å². The Bertz CT molecular complexity index is 936. The summed E-state index contributed by atoms with van der Waals surface area (Å²) in [6, 6.07) is -8.22. The van der Waals surface area contributed by atoms with Gasteiger partial charge in [0.1, 0.15) is 5.34 Å². The van der Waals surface area contributed by atoms with Crippen LogP contribution in [-0.2, 0) is 0 Å². The second-order valence-corrected chi connectivity index (χ2v) is 7.03. The summed E-state index contributed by atoms with van der Waals surface area (Å²) >= 11 is -2.65. The molecule has 0 saturated carbocycles. The molecule has 0 aromatic heterocycles. The van der Waals surface area contributed by atoms with Crippen molar-refractivity contribution in [3.63, 3.8) is 0 Å². The maximum atomic E-state index is 13.5. The molecule has 0 aliphatic rings. The fraction of sp³-hybridized carbons (Fsp3) is 0.909. The van der Waals surface area contributed by atoms with Gasteiger partial charge in [-0.05, 0) is 0 Å². The Balaban J connectivity index is 0. The van der Waals surface area contributed by atoms with Gasteiger partial charge in [-0.1, -0.05) is 0 Å². The number of alkyl halides is 21. The normalized spacial score (nSPS) is 16.4. The van der Waals surface area contributed by atoms with Crippen molar-refractivity contribution < 1.29 is 138 Å². The molecule has 0 amide bonds. The van der Waals surface area contributed by atoms with Gasteiger partial charge in [-0.25, -0.2) is 0 Å².